The smallest absolute Gasteiger partial charge is 0.294 e. The van der Waals surface area contributed by atoms with E-state index in [4.69, 9.17) is 14.8 Å². The van der Waals surface area contributed by atoms with Crippen molar-refractivity contribution in [1.82, 2.24) is 0 Å². The van der Waals surface area contributed by atoms with Gasteiger partial charge in [-0.3, -0.25) is 9.11 Å². The third-order valence-electron chi connectivity index (χ3n) is 2.62. The third-order valence-corrected chi connectivity index (χ3v) is 4.29. The zero-order valence-corrected chi connectivity index (χ0v) is 14.3. The molecule has 0 fully saturated rings. The first-order chi connectivity index (χ1) is 9.00. The molecule has 0 aromatic heterocycles. The minimum Gasteiger partial charge on any atom is -0.507 e. The largest absolute Gasteiger partial charge is 0.507 e. The monoisotopic (exact) mass is 342 g/mol. The third kappa shape index (κ3) is 3.66. The van der Waals surface area contributed by atoms with Crippen molar-refractivity contribution in [3.8, 4) is 5.75 Å². The average Bonchev–Trinajstić information content (AvgIpc) is 2.27. The van der Waals surface area contributed by atoms with Crippen molar-refractivity contribution in [2.75, 3.05) is 5.73 Å². The molecule has 0 bridgehead atoms. The molecule has 5 N–H and O–H groups in total. The van der Waals surface area contributed by atoms with E-state index >= 15 is 0 Å². The summed E-state index contributed by atoms with van der Waals surface area (Å²) in [6.45, 7) is 0. The van der Waals surface area contributed by atoms with Crippen LogP contribution >= 0.6 is 0 Å². The first kappa shape index (κ1) is 18.2. The van der Waals surface area contributed by atoms with Crippen molar-refractivity contribution in [2.45, 2.75) is 9.79 Å². The molecule has 0 aliphatic heterocycles. The van der Waals surface area contributed by atoms with Gasteiger partial charge in [0.15, 0.2) is 0 Å². The maximum absolute atomic E-state index is 11.0. The van der Waals surface area contributed by atoms with Crippen LogP contribution in [0, 0.1) is 0 Å². The number of nitrogens with two attached hydrogens (primary N) is 1. The van der Waals surface area contributed by atoms with Gasteiger partial charge in [-0.05, 0) is 18.2 Å². The van der Waals surface area contributed by atoms with Gasteiger partial charge < -0.3 is 10.8 Å². The summed E-state index contributed by atoms with van der Waals surface area (Å²) in [4.78, 5) is -1.13. The summed E-state index contributed by atoms with van der Waals surface area (Å²) in [7, 11) is -9.09. The Kier molecular flexibility index (Phi) is 4.95. The first-order valence-corrected chi connectivity index (χ1v) is 7.89. The number of phenolic OH excluding ortho intramolecular Hbond substituents is 1. The maximum Gasteiger partial charge on any atom is 0.294 e. The number of phenols is 1. The van der Waals surface area contributed by atoms with Crippen molar-refractivity contribution in [1.29, 1.82) is 0 Å². The topological polar surface area (TPSA) is 155 Å². The predicted molar refractivity (Wildman–Crippen MR) is 75.4 cm³/mol. The van der Waals surface area contributed by atoms with E-state index in [0.29, 0.717) is 0 Å². The van der Waals surface area contributed by atoms with E-state index in [-0.39, 0.29) is 46.0 Å². The fourth-order valence-electron chi connectivity index (χ4n) is 1.72. The molecule has 8 nitrogen and oxygen atoms in total. The zero-order chi connectivity index (χ0) is 15.3. The first-order valence-electron chi connectivity index (χ1n) is 5.01. The Morgan fingerprint density at radius 3 is 1.71 bits per heavy atom. The molecular weight excluding hydrogens is 333 g/mol. The van der Waals surface area contributed by atoms with Crippen LogP contribution in [0.5, 0.6) is 5.75 Å². The summed E-state index contributed by atoms with van der Waals surface area (Å²) in [5.74, 6) is -0.604. The second kappa shape index (κ2) is 5.72. The summed E-state index contributed by atoms with van der Waals surface area (Å²) in [5, 5.41) is 9.66. The standard InChI is InChI=1S/C10H9NO7S2.Na/c11-9-3-5(19(13,14)15)2-8-7(9)1-6(4-10(8)12)20(16,17)18;/h1-4,12H,11H2,(H,13,14,15)(H,16,17,18);. The van der Waals surface area contributed by atoms with Gasteiger partial charge in [-0.1, -0.05) is 0 Å². The Morgan fingerprint density at radius 1 is 0.810 bits per heavy atom. The SMILES string of the molecule is Nc1cc(S(=O)(=O)O)cc2c(O)cc(S(=O)(=O)O)cc12.[Na]. The van der Waals surface area contributed by atoms with Gasteiger partial charge in [-0.25, -0.2) is 0 Å². The van der Waals surface area contributed by atoms with E-state index < -0.39 is 35.8 Å². The number of aromatic hydroxyl groups is 1. The molecule has 0 heterocycles. The van der Waals surface area contributed by atoms with Crippen molar-refractivity contribution in [2.24, 2.45) is 0 Å². The summed E-state index contributed by atoms with van der Waals surface area (Å²) in [6.07, 6.45) is 0. The van der Waals surface area contributed by atoms with Crippen molar-refractivity contribution >= 4 is 66.3 Å². The van der Waals surface area contributed by atoms with Gasteiger partial charge in [-0.2, -0.15) is 16.8 Å². The predicted octanol–water partition coefficient (Wildman–Crippen LogP) is 0.240. The van der Waals surface area contributed by atoms with Crippen LogP contribution in [0.4, 0.5) is 5.69 Å². The van der Waals surface area contributed by atoms with Gasteiger partial charge in [0.05, 0.1) is 9.79 Å². The van der Waals surface area contributed by atoms with E-state index in [0.717, 1.165) is 24.3 Å². The average molecular weight is 342 g/mol. The van der Waals surface area contributed by atoms with Crippen molar-refractivity contribution < 1.29 is 31.0 Å². The Labute approximate surface area is 142 Å². The van der Waals surface area contributed by atoms with Crippen LogP contribution in [-0.4, -0.2) is 60.6 Å². The number of nitrogen functional groups attached to an aromatic ring is 1. The van der Waals surface area contributed by atoms with Crippen LogP contribution < -0.4 is 5.73 Å². The fraction of sp³-hybridized carbons (Fsp3) is 0. The molecule has 0 unspecified atom stereocenters. The summed E-state index contributed by atoms with van der Waals surface area (Å²) >= 11 is 0. The Balaban J connectivity index is 0.00000220. The van der Waals surface area contributed by atoms with E-state index in [1.165, 1.54) is 0 Å². The van der Waals surface area contributed by atoms with Crippen molar-refractivity contribution in [3.63, 3.8) is 0 Å². The Morgan fingerprint density at radius 2 is 1.24 bits per heavy atom. The van der Waals surface area contributed by atoms with Gasteiger partial charge >= 0.3 is 0 Å². The number of rotatable bonds is 2. The van der Waals surface area contributed by atoms with Crippen LogP contribution in [0.15, 0.2) is 34.1 Å². The molecule has 0 aliphatic carbocycles. The molecule has 0 spiro atoms. The van der Waals surface area contributed by atoms with Gasteiger partial charge in [0.25, 0.3) is 20.2 Å². The molecule has 0 atom stereocenters. The number of hydrogen-bond donors (Lipinski definition) is 4. The van der Waals surface area contributed by atoms with E-state index in [2.05, 4.69) is 0 Å². The zero-order valence-electron chi connectivity index (χ0n) is 10.7. The van der Waals surface area contributed by atoms with Gasteiger partial charge in [0, 0.05) is 52.1 Å². The molecule has 2 aromatic rings. The molecule has 0 saturated carbocycles. The molecule has 21 heavy (non-hydrogen) atoms. The number of anilines is 1. The number of benzene rings is 2. The molecule has 11 heteroatoms. The molecule has 0 amide bonds. The molecule has 0 aliphatic rings. The fourth-order valence-corrected chi connectivity index (χ4v) is 2.79. The Bertz CT molecular complexity index is 845. The second-order valence-electron chi connectivity index (χ2n) is 4.00. The van der Waals surface area contributed by atoms with Crippen LogP contribution in [0.25, 0.3) is 10.8 Å². The summed E-state index contributed by atoms with van der Waals surface area (Å²) in [6, 6.07) is 3.56. The van der Waals surface area contributed by atoms with Crippen LogP contribution in [0.2, 0.25) is 0 Å². The van der Waals surface area contributed by atoms with Gasteiger partial charge in [-0.15, -0.1) is 0 Å². The number of hydrogen-bond acceptors (Lipinski definition) is 6. The molecule has 2 rings (SSSR count). The molecule has 2 aromatic carbocycles. The molecule has 1 radical (unpaired) electrons. The van der Waals surface area contributed by atoms with E-state index in [1.807, 2.05) is 0 Å². The van der Waals surface area contributed by atoms with E-state index in [1.54, 1.807) is 0 Å². The molecule has 0 saturated heterocycles. The quantitative estimate of drug-likeness (QED) is 0.344. The normalized spacial score (nSPS) is 12.1. The second-order valence-corrected chi connectivity index (χ2v) is 6.84. The van der Waals surface area contributed by atoms with Crippen LogP contribution in [0.3, 0.4) is 0 Å². The van der Waals surface area contributed by atoms with E-state index in [9.17, 15) is 21.9 Å². The van der Waals surface area contributed by atoms with Crippen LogP contribution in [0.1, 0.15) is 0 Å². The summed E-state index contributed by atoms with van der Waals surface area (Å²) in [5.41, 5.74) is 5.39. The molecular formula is C10H9NNaO7S2. The van der Waals surface area contributed by atoms with Gasteiger partial charge in [0.1, 0.15) is 5.75 Å². The minimum atomic E-state index is -4.56. The van der Waals surface area contributed by atoms with Gasteiger partial charge in [0.2, 0.25) is 0 Å². The molecule has 109 valence electrons. The summed E-state index contributed by atoms with van der Waals surface area (Å²) < 4.78 is 62.0. The van der Waals surface area contributed by atoms with Crippen molar-refractivity contribution in [3.05, 3.63) is 24.3 Å². The van der Waals surface area contributed by atoms with Crippen LogP contribution in [-0.2, 0) is 20.2 Å². The minimum absolute atomic E-state index is 0. The Hall–Kier alpha value is -0.880. The maximum atomic E-state index is 11.0. The number of fused-ring (bicyclic) bond motifs is 1.